The molecule has 5 heteroatoms. The number of nitrogens with one attached hydrogen (secondary N) is 1. The van der Waals surface area contributed by atoms with Gasteiger partial charge in [0, 0.05) is 5.69 Å². The van der Waals surface area contributed by atoms with Crippen LogP contribution >= 0.6 is 0 Å². The Labute approximate surface area is 116 Å². The average Bonchev–Trinajstić information content (AvgIpc) is 2.47. The zero-order chi connectivity index (χ0) is 14.4. The second-order valence-corrected chi connectivity index (χ2v) is 4.06. The highest BCUT2D eigenvalue weighted by Crippen LogP contribution is 2.15. The minimum Gasteiger partial charge on any atom is -0.484 e. The Morgan fingerprint density at radius 3 is 2.60 bits per heavy atom. The van der Waals surface area contributed by atoms with Gasteiger partial charge in [0.25, 0.3) is 5.91 Å². The molecule has 0 saturated heterocycles. The topological polar surface area (TPSA) is 88.1 Å². The molecule has 3 N–H and O–H groups in total. The molecule has 0 aliphatic carbocycles. The fourth-order valence-electron chi connectivity index (χ4n) is 1.59. The van der Waals surface area contributed by atoms with E-state index in [1.165, 1.54) is 0 Å². The zero-order valence-electron chi connectivity index (χ0n) is 10.7. The predicted octanol–water partition coefficient (Wildman–Crippen LogP) is 2.16. The van der Waals surface area contributed by atoms with Crippen LogP contribution < -0.4 is 15.8 Å². The van der Waals surface area contributed by atoms with Crippen molar-refractivity contribution in [3.8, 4) is 11.8 Å². The van der Waals surface area contributed by atoms with E-state index in [1.807, 2.05) is 6.07 Å². The summed E-state index contributed by atoms with van der Waals surface area (Å²) in [6.07, 6.45) is 0. The molecule has 20 heavy (non-hydrogen) atoms. The summed E-state index contributed by atoms with van der Waals surface area (Å²) in [5.41, 5.74) is 7.06. The van der Waals surface area contributed by atoms with Gasteiger partial charge in [0.15, 0.2) is 6.61 Å². The number of carbonyl (C=O) groups is 1. The number of carbonyl (C=O) groups excluding carboxylic acids is 1. The number of benzene rings is 2. The van der Waals surface area contributed by atoms with E-state index in [1.54, 1.807) is 48.5 Å². The van der Waals surface area contributed by atoms with E-state index in [2.05, 4.69) is 5.32 Å². The van der Waals surface area contributed by atoms with Gasteiger partial charge in [-0.05, 0) is 36.4 Å². The molecule has 0 saturated carbocycles. The molecular weight excluding hydrogens is 254 g/mol. The fourth-order valence-corrected chi connectivity index (χ4v) is 1.59. The van der Waals surface area contributed by atoms with Crippen molar-refractivity contribution in [1.29, 1.82) is 5.26 Å². The number of nitrogens with two attached hydrogens (primary N) is 1. The zero-order valence-corrected chi connectivity index (χ0v) is 10.7. The lowest BCUT2D eigenvalue weighted by Crippen LogP contribution is -2.20. The van der Waals surface area contributed by atoms with E-state index in [0.717, 1.165) is 0 Å². The average molecular weight is 267 g/mol. The van der Waals surface area contributed by atoms with Crippen LogP contribution in [-0.4, -0.2) is 12.5 Å². The monoisotopic (exact) mass is 267 g/mol. The van der Waals surface area contributed by atoms with Crippen LogP contribution in [0.1, 0.15) is 5.56 Å². The quantitative estimate of drug-likeness (QED) is 0.831. The largest absolute Gasteiger partial charge is 0.484 e. The van der Waals surface area contributed by atoms with Gasteiger partial charge in [-0.15, -0.1) is 0 Å². The number of hydrogen-bond donors (Lipinski definition) is 2. The standard InChI is InChI=1S/C15H13N3O2/c16-9-11-3-1-2-4-14(11)18-15(19)10-20-13-7-5-12(17)6-8-13/h1-8H,10,17H2,(H,18,19). The van der Waals surface area contributed by atoms with Crippen LogP contribution in [0.2, 0.25) is 0 Å². The van der Waals surface area contributed by atoms with Gasteiger partial charge in [0.2, 0.25) is 0 Å². The molecule has 0 bridgehead atoms. The minimum absolute atomic E-state index is 0.135. The van der Waals surface area contributed by atoms with Gasteiger partial charge in [-0.1, -0.05) is 12.1 Å². The molecule has 100 valence electrons. The smallest absolute Gasteiger partial charge is 0.262 e. The third kappa shape index (κ3) is 3.50. The lowest BCUT2D eigenvalue weighted by Gasteiger charge is -2.08. The summed E-state index contributed by atoms with van der Waals surface area (Å²) in [5, 5.41) is 11.6. The van der Waals surface area contributed by atoms with Crippen molar-refractivity contribution in [2.24, 2.45) is 0 Å². The summed E-state index contributed by atoms with van der Waals surface area (Å²) < 4.78 is 5.32. The molecule has 0 unspecified atom stereocenters. The molecule has 2 aromatic rings. The van der Waals surface area contributed by atoms with E-state index in [9.17, 15) is 4.79 Å². The third-order valence-electron chi connectivity index (χ3n) is 2.57. The highest BCUT2D eigenvalue weighted by molar-refractivity contribution is 5.93. The number of nitrogens with zero attached hydrogens (tertiary/aromatic N) is 1. The molecule has 0 aliphatic heterocycles. The highest BCUT2D eigenvalue weighted by Gasteiger charge is 2.06. The lowest BCUT2D eigenvalue weighted by molar-refractivity contribution is -0.118. The second kappa shape index (κ2) is 6.25. The first kappa shape index (κ1) is 13.4. The van der Waals surface area contributed by atoms with Crippen molar-refractivity contribution in [3.63, 3.8) is 0 Å². The van der Waals surface area contributed by atoms with Gasteiger partial charge in [-0.2, -0.15) is 5.26 Å². The van der Waals surface area contributed by atoms with E-state index >= 15 is 0 Å². The predicted molar refractivity (Wildman–Crippen MR) is 76.1 cm³/mol. The fraction of sp³-hybridized carbons (Fsp3) is 0.0667. The number of nitrogen functional groups attached to an aromatic ring is 1. The van der Waals surface area contributed by atoms with Gasteiger partial charge < -0.3 is 15.8 Å². The SMILES string of the molecule is N#Cc1ccccc1NC(=O)COc1ccc(N)cc1. The number of hydrogen-bond acceptors (Lipinski definition) is 4. The van der Waals surface area contributed by atoms with Crippen LogP contribution in [0.4, 0.5) is 11.4 Å². The molecule has 2 rings (SSSR count). The molecule has 0 atom stereocenters. The molecule has 2 aromatic carbocycles. The number of anilines is 2. The number of ether oxygens (including phenoxy) is 1. The first-order valence-corrected chi connectivity index (χ1v) is 5.96. The maximum atomic E-state index is 11.8. The Hall–Kier alpha value is -3.00. The lowest BCUT2D eigenvalue weighted by atomic mass is 10.2. The van der Waals surface area contributed by atoms with Gasteiger partial charge in [0.1, 0.15) is 11.8 Å². The Bertz CT molecular complexity index is 645. The molecular formula is C15H13N3O2. The van der Waals surface area contributed by atoms with Gasteiger partial charge in [-0.3, -0.25) is 4.79 Å². The third-order valence-corrected chi connectivity index (χ3v) is 2.57. The maximum absolute atomic E-state index is 11.8. The van der Waals surface area contributed by atoms with Gasteiger partial charge in [0.05, 0.1) is 11.3 Å². The Kier molecular flexibility index (Phi) is 4.20. The molecule has 0 fully saturated rings. The number of amides is 1. The van der Waals surface area contributed by atoms with Crippen LogP contribution in [0.5, 0.6) is 5.75 Å². The molecule has 0 aliphatic rings. The van der Waals surface area contributed by atoms with E-state index in [4.69, 9.17) is 15.7 Å². The number of rotatable bonds is 4. The Balaban J connectivity index is 1.93. The van der Waals surface area contributed by atoms with Crippen molar-refractivity contribution >= 4 is 17.3 Å². The van der Waals surface area contributed by atoms with E-state index in [0.29, 0.717) is 22.7 Å². The summed E-state index contributed by atoms with van der Waals surface area (Å²) >= 11 is 0. The summed E-state index contributed by atoms with van der Waals surface area (Å²) in [6, 6.07) is 15.6. The molecule has 0 heterocycles. The molecule has 1 amide bonds. The van der Waals surface area contributed by atoms with Gasteiger partial charge >= 0.3 is 0 Å². The van der Waals surface area contributed by atoms with Crippen LogP contribution in [-0.2, 0) is 4.79 Å². The Morgan fingerprint density at radius 2 is 1.90 bits per heavy atom. The summed E-state index contributed by atoms with van der Waals surface area (Å²) in [7, 11) is 0. The molecule has 0 aromatic heterocycles. The summed E-state index contributed by atoms with van der Waals surface area (Å²) in [4.78, 5) is 11.8. The van der Waals surface area contributed by atoms with Crippen LogP contribution in [0, 0.1) is 11.3 Å². The van der Waals surface area contributed by atoms with Crippen molar-refractivity contribution in [3.05, 3.63) is 54.1 Å². The highest BCUT2D eigenvalue weighted by atomic mass is 16.5. The maximum Gasteiger partial charge on any atom is 0.262 e. The van der Waals surface area contributed by atoms with E-state index < -0.39 is 0 Å². The van der Waals surface area contributed by atoms with Crippen LogP contribution in [0.3, 0.4) is 0 Å². The van der Waals surface area contributed by atoms with E-state index in [-0.39, 0.29) is 12.5 Å². The summed E-state index contributed by atoms with van der Waals surface area (Å²) in [6.45, 7) is -0.135. The van der Waals surface area contributed by atoms with Crippen molar-refractivity contribution in [2.45, 2.75) is 0 Å². The van der Waals surface area contributed by atoms with Crippen LogP contribution in [0.15, 0.2) is 48.5 Å². The Morgan fingerprint density at radius 1 is 1.20 bits per heavy atom. The van der Waals surface area contributed by atoms with Crippen LogP contribution in [0.25, 0.3) is 0 Å². The number of para-hydroxylation sites is 1. The number of nitriles is 1. The van der Waals surface area contributed by atoms with Crippen molar-refractivity contribution < 1.29 is 9.53 Å². The minimum atomic E-state index is -0.329. The van der Waals surface area contributed by atoms with Crippen molar-refractivity contribution in [1.82, 2.24) is 0 Å². The second-order valence-electron chi connectivity index (χ2n) is 4.06. The first-order valence-electron chi connectivity index (χ1n) is 5.96. The van der Waals surface area contributed by atoms with Gasteiger partial charge in [-0.25, -0.2) is 0 Å². The van der Waals surface area contributed by atoms with Crippen molar-refractivity contribution in [2.75, 3.05) is 17.7 Å². The molecule has 0 radical (unpaired) electrons. The summed E-state index contributed by atoms with van der Waals surface area (Å²) in [5.74, 6) is 0.229. The first-order chi connectivity index (χ1) is 9.69. The molecule has 0 spiro atoms. The molecule has 5 nitrogen and oxygen atoms in total. The normalized spacial score (nSPS) is 9.55.